The molecule has 1 fully saturated rings. The van der Waals surface area contributed by atoms with Crippen molar-refractivity contribution < 1.29 is 4.74 Å². The Kier molecular flexibility index (Phi) is 7.20. The molecule has 3 heteroatoms. The van der Waals surface area contributed by atoms with E-state index in [9.17, 15) is 0 Å². The Balaban J connectivity index is 2.63. The second-order valence-corrected chi connectivity index (χ2v) is 6.12. The van der Waals surface area contributed by atoms with Crippen LogP contribution in [0.2, 0.25) is 0 Å². The highest BCUT2D eigenvalue weighted by Gasteiger charge is 2.27. The predicted octanol–water partition coefficient (Wildman–Crippen LogP) is 2.37. The van der Waals surface area contributed by atoms with E-state index in [1.54, 1.807) is 0 Å². The molecule has 2 unspecified atom stereocenters. The molecule has 0 bridgehead atoms. The summed E-state index contributed by atoms with van der Waals surface area (Å²) in [5.74, 6) is 1.35. The second-order valence-electron chi connectivity index (χ2n) is 6.12. The normalized spacial score (nSPS) is 24.5. The molecule has 1 saturated heterocycles. The van der Waals surface area contributed by atoms with E-state index in [4.69, 9.17) is 4.74 Å². The molecular formula is C15H32N2O. The summed E-state index contributed by atoms with van der Waals surface area (Å²) in [6.07, 6.45) is 1.25. The smallest absolute Gasteiger partial charge is 0.0624 e. The highest BCUT2D eigenvalue weighted by molar-refractivity contribution is 4.84. The van der Waals surface area contributed by atoms with Gasteiger partial charge in [-0.15, -0.1) is 0 Å². The molecule has 0 spiro atoms. The molecule has 0 aromatic rings. The quantitative estimate of drug-likeness (QED) is 0.789. The minimum absolute atomic E-state index is 0.561. The zero-order valence-corrected chi connectivity index (χ0v) is 12.9. The fourth-order valence-electron chi connectivity index (χ4n) is 2.68. The molecule has 0 saturated carbocycles. The van der Waals surface area contributed by atoms with E-state index in [1.807, 2.05) is 0 Å². The zero-order valence-electron chi connectivity index (χ0n) is 12.9. The summed E-state index contributed by atoms with van der Waals surface area (Å²) in [6.45, 7) is 16.5. The number of ether oxygens (including phenoxy) is 1. The van der Waals surface area contributed by atoms with Crippen LogP contribution < -0.4 is 5.32 Å². The molecule has 3 nitrogen and oxygen atoms in total. The first-order chi connectivity index (χ1) is 8.56. The highest BCUT2D eigenvalue weighted by Crippen LogP contribution is 2.17. The molecule has 1 N–H and O–H groups in total. The van der Waals surface area contributed by atoms with E-state index >= 15 is 0 Å². The molecule has 1 heterocycles. The van der Waals surface area contributed by atoms with Crippen LogP contribution in [0.15, 0.2) is 0 Å². The number of rotatable bonds is 6. The predicted molar refractivity (Wildman–Crippen MR) is 77.9 cm³/mol. The molecule has 1 aliphatic heterocycles. The van der Waals surface area contributed by atoms with E-state index in [0.717, 1.165) is 26.3 Å². The lowest BCUT2D eigenvalue weighted by atomic mass is 10.00. The van der Waals surface area contributed by atoms with Gasteiger partial charge in [0.2, 0.25) is 0 Å². The molecule has 2 atom stereocenters. The van der Waals surface area contributed by atoms with Crippen LogP contribution in [0, 0.1) is 11.8 Å². The lowest BCUT2D eigenvalue weighted by Gasteiger charge is -2.35. The molecule has 0 aromatic heterocycles. The lowest BCUT2D eigenvalue weighted by Crippen LogP contribution is -2.48. The second kappa shape index (κ2) is 8.13. The highest BCUT2D eigenvalue weighted by atomic mass is 16.5. The van der Waals surface area contributed by atoms with Crippen LogP contribution >= 0.6 is 0 Å². The van der Waals surface area contributed by atoms with Crippen molar-refractivity contribution in [2.45, 2.75) is 53.1 Å². The topological polar surface area (TPSA) is 24.5 Å². The van der Waals surface area contributed by atoms with E-state index in [2.05, 4.69) is 44.8 Å². The minimum atomic E-state index is 0.561. The molecule has 0 aliphatic carbocycles. The van der Waals surface area contributed by atoms with Crippen molar-refractivity contribution >= 4 is 0 Å². The van der Waals surface area contributed by atoms with Crippen molar-refractivity contribution in [1.82, 2.24) is 10.2 Å². The van der Waals surface area contributed by atoms with Gasteiger partial charge in [0, 0.05) is 25.2 Å². The van der Waals surface area contributed by atoms with Gasteiger partial charge in [-0.2, -0.15) is 0 Å². The van der Waals surface area contributed by atoms with Crippen molar-refractivity contribution in [3.8, 4) is 0 Å². The van der Waals surface area contributed by atoms with Gasteiger partial charge in [0.1, 0.15) is 0 Å². The summed E-state index contributed by atoms with van der Waals surface area (Å²) in [4.78, 5) is 2.64. The van der Waals surface area contributed by atoms with Crippen molar-refractivity contribution in [3.05, 3.63) is 0 Å². The maximum Gasteiger partial charge on any atom is 0.0624 e. The number of nitrogens with zero attached hydrogens (tertiary/aromatic N) is 1. The van der Waals surface area contributed by atoms with E-state index in [-0.39, 0.29) is 0 Å². The van der Waals surface area contributed by atoms with Crippen LogP contribution in [0.3, 0.4) is 0 Å². The van der Waals surface area contributed by atoms with E-state index < -0.39 is 0 Å². The Morgan fingerprint density at radius 1 is 1.28 bits per heavy atom. The third-order valence-electron chi connectivity index (χ3n) is 4.00. The van der Waals surface area contributed by atoms with Gasteiger partial charge in [-0.25, -0.2) is 0 Å². The van der Waals surface area contributed by atoms with E-state index in [0.29, 0.717) is 23.9 Å². The summed E-state index contributed by atoms with van der Waals surface area (Å²) in [5.41, 5.74) is 0. The Labute approximate surface area is 113 Å². The average molecular weight is 256 g/mol. The molecule has 108 valence electrons. The van der Waals surface area contributed by atoms with Crippen LogP contribution in [0.5, 0.6) is 0 Å². The fourth-order valence-corrected chi connectivity index (χ4v) is 2.68. The van der Waals surface area contributed by atoms with Gasteiger partial charge in [-0.05, 0) is 38.3 Å². The minimum Gasteiger partial charge on any atom is -0.380 e. The summed E-state index contributed by atoms with van der Waals surface area (Å²) in [6, 6.07) is 1.18. The van der Waals surface area contributed by atoms with E-state index in [1.165, 1.54) is 13.0 Å². The number of hydrogen-bond acceptors (Lipinski definition) is 3. The van der Waals surface area contributed by atoms with Gasteiger partial charge in [-0.1, -0.05) is 27.7 Å². The Bertz CT molecular complexity index is 219. The van der Waals surface area contributed by atoms with Crippen molar-refractivity contribution in [1.29, 1.82) is 0 Å². The van der Waals surface area contributed by atoms with Crippen LogP contribution in [0.1, 0.15) is 41.0 Å². The molecular weight excluding hydrogens is 224 g/mol. The van der Waals surface area contributed by atoms with Gasteiger partial charge in [0.25, 0.3) is 0 Å². The van der Waals surface area contributed by atoms with Gasteiger partial charge in [-0.3, -0.25) is 4.90 Å². The number of hydrogen-bond donors (Lipinski definition) is 1. The van der Waals surface area contributed by atoms with Gasteiger partial charge in [0.05, 0.1) is 6.61 Å². The molecule has 0 aromatic carbocycles. The van der Waals surface area contributed by atoms with Crippen molar-refractivity contribution in [2.75, 3.05) is 32.8 Å². The Morgan fingerprint density at radius 3 is 2.56 bits per heavy atom. The average Bonchev–Trinajstić information content (AvgIpc) is 2.55. The summed E-state index contributed by atoms with van der Waals surface area (Å²) < 4.78 is 5.68. The Hall–Kier alpha value is -0.120. The maximum atomic E-state index is 5.68. The maximum absolute atomic E-state index is 5.68. The fraction of sp³-hybridized carbons (Fsp3) is 1.00. The summed E-state index contributed by atoms with van der Waals surface area (Å²) >= 11 is 0. The van der Waals surface area contributed by atoms with Crippen LogP contribution in [-0.2, 0) is 4.74 Å². The molecule has 1 aliphatic rings. The third-order valence-corrected chi connectivity index (χ3v) is 4.00. The first-order valence-corrected chi connectivity index (χ1v) is 7.61. The van der Waals surface area contributed by atoms with Gasteiger partial charge in [0.15, 0.2) is 0 Å². The summed E-state index contributed by atoms with van der Waals surface area (Å²) in [5, 5.41) is 3.68. The Morgan fingerprint density at radius 2 is 2.00 bits per heavy atom. The van der Waals surface area contributed by atoms with Gasteiger partial charge >= 0.3 is 0 Å². The molecule has 0 radical (unpaired) electrons. The van der Waals surface area contributed by atoms with Crippen LogP contribution in [0.4, 0.5) is 0 Å². The largest absolute Gasteiger partial charge is 0.380 e. The lowest BCUT2D eigenvalue weighted by molar-refractivity contribution is 0.0411. The van der Waals surface area contributed by atoms with Crippen LogP contribution in [0.25, 0.3) is 0 Å². The van der Waals surface area contributed by atoms with Crippen molar-refractivity contribution in [2.24, 2.45) is 11.8 Å². The monoisotopic (exact) mass is 256 g/mol. The molecule has 18 heavy (non-hydrogen) atoms. The SMILES string of the molecule is CCOCC(C(C)C)N1CCCNC(C(C)C)C1. The molecule has 1 rings (SSSR count). The van der Waals surface area contributed by atoms with Gasteiger partial charge < -0.3 is 10.1 Å². The third kappa shape index (κ3) is 4.87. The standard InChI is InChI=1S/C15H32N2O/c1-6-18-11-15(13(4)5)17-9-7-8-16-14(10-17)12(2)3/h12-16H,6-11H2,1-5H3. The first-order valence-electron chi connectivity index (χ1n) is 7.61. The van der Waals surface area contributed by atoms with Crippen LogP contribution in [-0.4, -0.2) is 49.8 Å². The molecule has 0 amide bonds. The zero-order chi connectivity index (χ0) is 13.5. The number of nitrogens with one attached hydrogen (secondary N) is 1. The summed E-state index contributed by atoms with van der Waals surface area (Å²) in [7, 11) is 0. The van der Waals surface area contributed by atoms with Crippen molar-refractivity contribution in [3.63, 3.8) is 0 Å². The first kappa shape index (κ1) is 15.9.